The van der Waals surface area contributed by atoms with Gasteiger partial charge in [-0.25, -0.2) is 0 Å². The molecule has 1 rings (SSSR count). The number of unbranched alkanes of at least 4 members (excludes halogenated alkanes) is 1. The van der Waals surface area contributed by atoms with Gasteiger partial charge in [0.25, 0.3) is 0 Å². The van der Waals surface area contributed by atoms with Crippen molar-refractivity contribution >= 4 is 15.9 Å². The lowest BCUT2D eigenvalue weighted by Crippen LogP contribution is -2.04. The molecule has 0 spiro atoms. The number of hydrogen-bond donors (Lipinski definition) is 1. The largest absolute Gasteiger partial charge is 0.330 e. The summed E-state index contributed by atoms with van der Waals surface area (Å²) in [7, 11) is 0. The minimum Gasteiger partial charge on any atom is -0.330 e. The van der Waals surface area contributed by atoms with Crippen LogP contribution in [0.2, 0.25) is 0 Å². The zero-order valence-corrected chi connectivity index (χ0v) is 11.5. The molecule has 1 nitrogen and oxygen atoms in total. The van der Waals surface area contributed by atoms with Gasteiger partial charge in [0.2, 0.25) is 0 Å². The zero-order valence-electron chi connectivity index (χ0n) is 9.87. The van der Waals surface area contributed by atoms with Gasteiger partial charge in [-0.15, -0.1) is 0 Å². The molecule has 90 valence electrons. The monoisotopic (exact) mass is 283 g/mol. The van der Waals surface area contributed by atoms with E-state index in [4.69, 9.17) is 5.73 Å². The Morgan fingerprint density at radius 3 is 2.38 bits per heavy atom. The minimum absolute atomic E-state index is 0.659. The molecule has 1 atom stereocenters. The van der Waals surface area contributed by atoms with E-state index in [0.29, 0.717) is 4.83 Å². The highest BCUT2D eigenvalue weighted by Crippen LogP contribution is 2.16. The number of hydrogen-bond acceptors (Lipinski definition) is 1. The van der Waals surface area contributed by atoms with Gasteiger partial charge in [0, 0.05) is 4.83 Å². The Labute approximate surface area is 108 Å². The van der Waals surface area contributed by atoms with Crippen LogP contribution in [0.1, 0.15) is 37.7 Å². The van der Waals surface area contributed by atoms with Crippen molar-refractivity contribution in [1.29, 1.82) is 0 Å². The predicted molar refractivity (Wildman–Crippen MR) is 75.0 cm³/mol. The molecule has 0 amide bonds. The van der Waals surface area contributed by atoms with Crippen molar-refractivity contribution in [3.05, 3.63) is 35.9 Å². The molecule has 0 radical (unpaired) electrons. The summed E-state index contributed by atoms with van der Waals surface area (Å²) in [6.45, 7) is 0.812. The first-order valence-corrected chi connectivity index (χ1v) is 7.12. The summed E-state index contributed by atoms with van der Waals surface area (Å²) in [6.07, 6.45) is 7.41. The number of rotatable bonds is 8. The molecule has 0 heterocycles. The maximum absolute atomic E-state index is 5.49. The van der Waals surface area contributed by atoms with Gasteiger partial charge >= 0.3 is 0 Å². The first kappa shape index (κ1) is 13.7. The second-order valence-corrected chi connectivity index (χ2v) is 5.55. The van der Waals surface area contributed by atoms with E-state index in [0.717, 1.165) is 13.0 Å². The molecule has 0 saturated carbocycles. The summed E-state index contributed by atoms with van der Waals surface area (Å²) in [5.74, 6) is 0. The van der Waals surface area contributed by atoms with Gasteiger partial charge in [-0.1, -0.05) is 52.7 Å². The molecule has 0 fully saturated rings. The lowest BCUT2D eigenvalue weighted by molar-refractivity contribution is 0.616. The molecule has 1 unspecified atom stereocenters. The third-order valence-corrected chi connectivity index (χ3v) is 3.71. The fraction of sp³-hybridized carbons (Fsp3) is 0.571. The van der Waals surface area contributed by atoms with Crippen molar-refractivity contribution in [2.45, 2.75) is 43.4 Å². The number of halogens is 1. The molecular formula is C14H22BrN. The summed E-state index contributed by atoms with van der Waals surface area (Å²) < 4.78 is 0. The standard InChI is InChI=1S/C14H22BrN/c15-14(11-6-12-16)10-5-4-9-13-7-2-1-3-8-13/h1-3,7-8,14H,4-6,9-12,16H2. The maximum atomic E-state index is 5.49. The summed E-state index contributed by atoms with van der Waals surface area (Å²) in [5, 5.41) is 0. The van der Waals surface area contributed by atoms with Crippen LogP contribution in [0.3, 0.4) is 0 Å². The van der Waals surface area contributed by atoms with E-state index in [1.165, 1.54) is 37.7 Å². The smallest absolute Gasteiger partial charge is 0.0146 e. The molecule has 16 heavy (non-hydrogen) atoms. The first-order valence-electron chi connectivity index (χ1n) is 6.21. The van der Waals surface area contributed by atoms with E-state index in [9.17, 15) is 0 Å². The van der Waals surface area contributed by atoms with Crippen LogP contribution < -0.4 is 5.73 Å². The van der Waals surface area contributed by atoms with E-state index in [2.05, 4.69) is 46.3 Å². The quantitative estimate of drug-likeness (QED) is 0.568. The zero-order chi connectivity index (χ0) is 11.6. The van der Waals surface area contributed by atoms with E-state index in [1.807, 2.05) is 0 Å². The molecule has 1 aromatic rings. The van der Waals surface area contributed by atoms with Crippen LogP contribution >= 0.6 is 15.9 Å². The molecule has 0 saturated heterocycles. The summed E-state index contributed by atoms with van der Waals surface area (Å²) in [5.41, 5.74) is 6.94. The summed E-state index contributed by atoms with van der Waals surface area (Å²) in [4.78, 5) is 0.659. The molecule has 2 N–H and O–H groups in total. The fourth-order valence-corrected chi connectivity index (χ4v) is 2.47. The van der Waals surface area contributed by atoms with Crippen LogP contribution in [0, 0.1) is 0 Å². The van der Waals surface area contributed by atoms with Gasteiger partial charge in [-0.3, -0.25) is 0 Å². The van der Waals surface area contributed by atoms with Gasteiger partial charge in [0.05, 0.1) is 0 Å². The lowest BCUT2D eigenvalue weighted by atomic mass is 10.0. The molecule has 0 aliphatic heterocycles. The van der Waals surface area contributed by atoms with E-state index < -0.39 is 0 Å². The van der Waals surface area contributed by atoms with Crippen LogP contribution in [0.5, 0.6) is 0 Å². The average molecular weight is 284 g/mol. The first-order chi connectivity index (χ1) is 7.83. The van der Waals surface area contributed by atoms with Crippen LogP contribution in [-0.2, 0) is 6.42 Å². The maximum Gasteiger partial charge on any atom is 0.0146 e. The number of benzene rings is 1. The number of aryl methyl sites for hydroxylation is 1. The third-order valence-electron chi connectivity index (χ3n) is 2.80. The van der Waals surface area contributed by atoms with Crippen molar-refractivity contribution in [2.24, 2.45) is 5.73 Å². The highest BCUT2D eigenvalue weighted by atomic mass is 79.9. The Morgan fingerprint density at radius 1 is 1.00 bits per heavy atom. The van der Waals surface area contributed by atoms with Gasteiger partial charge in [-0.2, -0.15) is 0 Å². The van der Waals surface area contributed by atoms with Gasteiger partial charge in [0.1, 0.15) is 0 Å². The van der Waals surface area contributed by atoms with Crippen molar-refractivity contribution in [3.8, 4) is 0 Å². The fourth-order valence-electron chi connectivity index (χ4n) is 1.82. The second-order valence-electron chi connectivity index (χ2n) is 4.26. The highest BCUT2D eigenvalue weighted by Gasteiger charge is 2.02. The predicted octanol–water partition coefficient (Wildman–Crippen LogP) is 3.90. The van der Waals surface area contributed by atoms with Crippen LogP contribution in [0.15, 0.2) is 30.3 Å². The number of alkyl halides is 1. The van der Waals surface area contributed by atoms with Gasteiger partial charge < -0.3 is 5.73 Å². The van der Waals surface area contributed by atoms with Gasteiger partial charge in [-0.05, 0) is 44.2 Å². The van der Waals surface area contributed by atoms with E-state index in [-0.39, 0.29) is 0 Å². The molecular weight excluding hydrogens is 262 g/mol. The molecule has 0 aliphatic rings. The second kappa shape index (κ2) is 8.77. The molecule has 0 aliphatic carbocycles. The SMILES string of the molecule is NCCCC(Br)CCCCc1ccccc1. The Kier molecular flexibility index (Phi) is 7.52. The normalized spacial score (nSPS) is 12.6. The van der Waals surface area contributed by atoms with Crippen LogP contribution in [0.4, 0.5) is 0 Å². The Morgan fingerprint density at radius 2 is 1.69 bits per heavy atom. The Bertz CT molecular complexity index is 261. The highest BCUT2D eigenvalue weighted by molar-refractivity contribution is 9.09. The lowest BCUT2D eigenvalue weighted by Gasteiger charge is -2.08. The van der Waals surface area contributed by atoms with Crippen LogP contribution in [0.25, 0.3) is 0 Å². The number of nitrogens with two attached hydrogens (primary N) is 1. The molecule has 1 aromatic carbocycles. The summed E-state index contributed by atoms with van der Waals surface area (Å²) >= 11 is 3.71. The topological polar surface area (TPSA) is 26.0 Å². The molecule has 0 bridgehead atoms. The average Bonchev–Trinajstić information content (AvgIpc) is 2.33. The minimum atomic E-state index is 0.659. The van der Waals surface area contributed by atoms with Crippen molar-refractivity contribution in [2.75, 3.05) is 6.54 Å². The van der Waals surface area contributed by atoms with Crippen molar-refractivity contribution in [1.82, 2.24) is 0 Å². The van der Waals surface area contributed by atoms with Crippen molar-refractivity contribution < 1.29 is 0 Å². The van der Waals surface area contributed by atoms with E-state index in [1.54, 1.807) is 0 Å². The molecule has 0 aromatic heterocycles. The van der Waals surface area contributed by atoms with E-state index >= 15 is 0 Å². The van der Waals surface area contributed by atoms with Gasteiger partial charge in [0.15, 0.2) is 0 Å². The Balaban J connectivity index is 2.03. The third kappa shape index (κ3) is 6.29. The summed E-state index contributed by atoms with van der Waals surface area (Å²) in [6, 6.07) is 10.7. The van der Waals surface area contributed by atoms with Crippen LogP contribution in [-0.4, -0.2) is 11.4 Å². The molecule has 2 heteroatoms. The van der Waals surface area contributed by atoms with Crippen molar-refractivity contribution in [3.63, 3.8) is 0 Å². The Hall–Kier alpha value is -0.340.